The van der Waals surface area contributed by atoms with E-state index in [0.29, 0.717) is 19.3 Å². The van der Waals surface area contributed by atoms with E-state index in [1.165, 1.54) is 148 Å². The number of ether oxygens (including phenoxy) is 3. The molecule has 0 saturated carbocycles. The van der Waals surface area contributed by atoms with Crippen LogP contribution in [0.3, 0.4) is 0 Å². The molecule has 0 saturated heterocycles. The van der Waals surface area contributed by atoms with Crippen LogP contribution in [-0.2, 0) is 28.6 Å². The summed E-state index contributed by atoms with van der Waals surface area (Å²) < 4.78 is 16.8. The molecule has 0 amide bonds. The van der Waals surface area contributed by atoms with Crippen LogP contribution in [0.25, 0.3) is 0 Å². The van der Waals surface area contributed by atoms with Crippen LogP contribution < -0.4 is 0 Å². The molecule has 1 atom stereocenters. The number of esters is 3. The number of carbonyl (C=O) groups excluding carboxylic acids is 3. The van der Waals surface area contributed by atoms with Crippen LogP contribution in [0.1, 0.15) is 278 Å². The van der Waals surface area contributed by atoms with Crippen LogP contribution >= 0.6 is 0 Å². The van der Waals surface area contributed by atoms with Crippen LogP contribution in [0.2, 0.25) is 0 Å². The summed E-state index contributed by atoms with van der Waals surface area (Å²) in [6.45, 7) is 6.55. The summed E-state index contributed by atoms with van der Waals surface area (Å²) in [6, 6.07) is 0. The second kappa shape index (κ2) is 52.0. The highest BCUT2D eigenvalue weighted by molar-refractivity contribution is 5.71. The summed E-state index contributed by atoms with van der Waals surface area (Å²) in [6.07, 6.45) is 62.4. The molecular weight excluding hydrogens is 781 g/mol. The van der Waals surface area contributed by atoms with E-state index in [1.807, 2.05) is 0 Å². The maximum absolute atomic E-state index is 12.8. The molecular formula is C57H102O6. The Balaban J connectivity index is 4.29. The number of rotatable bonds is 49. The van der Waals surface area contributed by atoms with E-state index in [9.17, 15) is 14.4 Å². The van der Waals surface area contributed by atoms with Gasteiger partial charge in [-0.1, -0.05) is 211 Å². The normalized spacial score (nSPS) is 12.4. The van der Waals surface area contributed by atoms with Crippen LogP contribution in [0.5, 0.6) is 0 Å². The van der Waals surface area contributed by atoms with Gasteiger partial charge in [-0.15, -0.1) is 0 Å². The lowest BCUT2D eigenvalue weighted by molar-refractivity contribution is -0.167. The summed E-state index contributed by atoms with van der Waals surface area (Å²) in [7, 11) is 0. The summed E-state index contributed by atoms with van der Waals surface area (Å²) in [5.41, 5.74) is 0. The first-order valence-corrected chi connectivity index (χ1v) is 27.1. The standard InChI is InChI=1S/C57H102O6/c1-4-7-10-13-16-19-22-24-26-27-28-29-30-31-32-34-35-38-41-44-47-50-56(59)62-53-54(52-61-55(58)49-46-43-40-37-21-18-15-12-9-6-3)63-57(60)51-48-45-42-39-36-33-25-23-20-17-14-11-8-5-2/h12,15,22-25,27-28,54H,4-11,13-14,16-21,26,29-53H2,1-3H3/b15-12-,24-22-,25-23-,28-27-. The van der Waals surface area contributed by atoms with E-state index in [2.05, 4.69) is 69.4 Å². The van der Waals surface area contributed by atoms with Gasteiger partial charge in [0, 0.05) is 19.3 Å². The Morgan fingerprint density at radius 2 is 0.603 bits per heavy atom. The maximum Gasteiger partial charge on any atom is 0.306 e. The first-order valence-electron chi connectivity index (χ1n) is 27.1. The fourth-order valence-corrected chi connectivity index (χ4v) is 7.65. The van der Waals surface area contributed by atoms with E-state index < -0.39 is 6.10 Å². The Kier molecular flexibility index (Phi) is 49.8. The third-order valence-corrected chi connectivity index (χ3v) is 11.8. The molecule has 0 aromatic rings. The second-order valence-electron chi connectivity index (χ2n) is 18.1. The highest BCUT2D eigenvalue weighted by atomic mass is 16.6. The lowest BCUT2D eigenvalue weighted by Gasteiger charge is -2.18. The Morgan fingerprint density at radius 1 is 0.317 bits per heavy atom. The van der Waals surface area contributed by atoms with Gasteiger partial charge in [-0.05, 0) is 96.3 Å². The van der Waals surface area contributed by atoms with Crippen molar-refractivity contribution in [1.82, 2.24) is 0 Å². The van der Waals surface area contributed by atoms with Gasteiger partial charge in [-0.3, -0.25) is 14.4 Å². The van der Waals surface area contributed by atoms with E-state index in [4.69, 9.17) is 14.2 Å². The van der Waals surface area contributed by atoms with Crippen molar-refractivity contribution in [3.63, 3.8) is 0 Å². The molecule has 0 aliphatic carbocycles. The maximum atomic E-state index is 12.8. The smallest absolute Gasteiger partial charge is 0.306 e. The highest BCUT2D eigenvalue weighted by Gasteiger charge is 2.19. The third-order valence-electron chi connectivity index (χ3n) is 11.8. The number of carbonyl (C=O) groups is 3. The first kappa shape index (κ1) is 60.4. The Hall–Kier alpha value is -2.63. The number of allylic oxidation sites excluding steroid dienone is 8. The third kappa shape index (κ3) is 50.2. The average Bonchev–Trinajstić information content (AvgIpc) is 3.28. The van der Waals surface area contributed by atoms with Crippen LogP contribution in [-0.4, -0.2) is 37.2 Å². The van der Waals surface area contributed by atoms with E-state index in [0.717, 1.165) is 89.9 Å². The van der Waals surface area contributed by atoms with Crippen molar-refractivity contribution in [3.8, 4) is 0 Å². The van der Waals surface area contributed by atoms with Gasteiger partial charge in [0.15, 0.2) is 6.10 Å². The molecule has 1 unspecified atom stereocenters. The zero-order chi connectivity index (χ0) is 45.8. The summed E-state index contributed by atoms with van der Waals surface area (Å²) >= 11 is 0. The van der Waals surface area contributed by atoms with Gasteiger partial charge in [0.2, 0.25) is 0 Å². The lowest BCUT2D eigenvalue weighted by Crippen LogP contribution is -2.30. The fraction of sp³-hybridized carbons (Fsp3) is 0.807. The molecule has 0 aromatic heterocycles. The topological polar surface area (TPSA) is 78.9 Å². The fourth-order valence-electron chi connectivity index (χ4n) is 7.65. The number of hydrogen-bond acceptors (Lipinski definition) is 6. The zero-order valence-electron chi connectivity index (χ0n) is 41.8. The van der Waals surface area contributed by atoms with Crippen LogP contribution in [0.15, 0.2) is 48.6 Å². The zero-order valence-corrected chi connectivity index (χ0v) is 41.8. The minimum atomic E-state index is -0.780. The second-order valence-corrected chi connectivity index (χ2v) is 18.1. The summed E-state index contributed by atoms with van der Waals surface area (Å²) in [5, 5.41) is 0. The molecule has 0 N–H and O–H groups in total. The van der Waals surface area contributed by atoms with Crippen molar-refractivity contribution in [2.24, 2.45) is 0 Å². The first-order chi connectivity index (χ1) is 31.0. The van der Waals surface area contributed by atoms with Gasteiger partial charge >= 0.3 is 17.9 Å². The van der Waals surface area contributed by atoms with Gasteiger partial charge in [-0.25, -0.2) is 0 Å². The predicted octanol–water partition coefficient (Wildman–Crippen LogP) is 17.9. The largest absolute Gasteiger partial charge is 0.462 e. The molecule has 366 valence electrons. The molecule has 0 aliphatic rings. The van der Waals surface area contributed by atoms with Crippen molar-refractivity contribution in [2.45, 2.75) is 284 Å². The average molecular weight is 883 g/mol. The molecule has 6 nitrogen and oxygen atoms in total. The van der Waals surface area contributed by atoms with Crippen molar-refractivity contribution in [1.29, 1.82) is 0 Å². The van der Waals surface area contributed by atoms with Crippen molar-refractivity contribution < 1.29 is 28.6 Å². The summed E-state index contributed by atoms with van der Waals surface area (Å²) in [4.78, 5) is 38.0. The minimum Gasteiger partial charge on any atom is -0.462 e. The minimum absolute atomic E-state index is 0.0804. The monoisotopic (exact) mass is 883 g/mol. The lowest BCUT2D eigenvalue weighted by atomic mass is 10.1. The van der Waals surface area contributed by atoms with Gasteiger partial charge in [-0.2, -0.15) is 0 Å². The van der Waals surface area contributed by atoms with Gasteiger partial charge < -0.3 is 14.2 Å². The number of hydrogen-bond donors (Lipinski definition) is 0. The molecule has 0 aromatic carbocycles. The SMILES string of the molecule is CCC/C=C\CCCCCCCC(=O)OCC(COC(=O)CCCCCCCCCCC/C=C\C/C=C\CCCCCCC)OC(=O)CCCCCCC/C=C\CCCCCCC. The Morgan fingerprint density at radius 3 is 0.952 bits per heavy atom. The van der Waals surface area contributed by atoms with Crippen LogP contribution in [0.4, 0.5) is 0 Å². The Labute approximate surface area is 390 Å². The molecule has 0 rings (SSSR count). The van der Waals surface area contributed by atoms with Crippen LogP contribution in [0, 0.1) is 0 Å². The van der Waals surface area contributed by atoms with E-state index >= 15 is 0 Å². The molecule has 63 heavy (non-hydrogen) atoms. The van der Waals surface area contributed by atoms with Crippen molar-refractivity contribution in [3.05, 3.63) is 48.6 Å². The van der Waals surface area contributed by atoms with E-state index in [1.54, 1.807) is 0 Å². The molecule has 0 bridgehead atoms. The Bertz CT molecular complexity index is 1110. The van der Waals surface area contributed by atoms with Gasteiger partial charge in [0.1, 0.15) is 13.2 Å². The molecule has 0 fully saturated rings. The molecule has 0 spiro atoms. The highest BCUT2D eigenvalue weighted by Crippen LogP contribution is 2.15. The quantitative estimate of drug-likeness (QED) is 0.0262. The summed E-state index contributed by atoms with van der Waals surface area (Å²) in [5.74, 6) is -0.897. The molecule has 0 radical (unpaired) electrons. The van der Waals surface area contributed by atoms with E-state index in [-0.39, 0.29) is 31.1 Å². The number of unbranched alkanes of at least 4 members (excludes halogenated alkanes) is 30. The predicted molar refractivity (Wildman–Crippen MR) is 270 cm³/mol. The molecule has 0 heterocycles. The van der Waals surface area contributed by atoms with Crippen molar-refractivity contribution in [2.75, 3.05) is 13.2 Å². The molecule has 6 heteroatoms. The van der Waals surface area contributed by atoms with Gasteiger partial charge in [0.25, 0.3) is 0 Å². The molecule has 0 aliphatic heterocycles. The van der Waals surface area contributed by atoms with Crippen molar-refractivity contribution >= 4 is 17.9 Å². The van der Waals surface area contributed by atoms with Gasteiger partial charge in [0.05, 0.1) is 0 Å².